The van der Waals surface area contributed by atoms with Crippen molar-refractivity contribution in [3.8, 4) is 0 Å². The van der Waals surface area contributed by atoms with Gasteiger partial charge in [-0.2, -0.15) is 0 Å². The van der Waals surface area contributed by atoms with E-state index >= 15 is 0 Å². The summed E-state index contributed by atoms with van der Waals surface area (Å²) in [4.78, 5) is 2.27. The maximum atomic E-state index is 13.6. The molecule has 0 aliphatic carbocycles. The molecule has 90 valence electrons. The van der Waals surface area contributed by atoms with Crippen LogP contribution in [0.1, 0.15) is 32.3 Å². The van der Waals surface area contributed by atoms with Crippen LogP contribution in [0.15, 0.2) is 18.2 Å². The van der Waals surface area contributed by atoms with Gasteiger partial charge in [-0.3, -0.25) is 4.90 Å². The van der Waals surface area contributed by atoms with Gasteiger partial charge in [0.15, 0.2) is 0 Å². The van der Waals surface area contributed by atoms with Gasteiger partial charge in [-0.15, -0.1) is 0 Å². The first-order valence-corrected chi connectivity index (χ1v) is 5.93. The molecule has 0 aliphatic heterocycles. The Labute approximate surface area is 97.3 Å². The largest absolute Gasteiger partial charge is 0.399 e. The van der Waals surface area contributed by atoms with Crippen LogP contribution in [0.25, 0.3) is 0 Å². The summed E-state index contributed by atoms with van der Waals surface area (Å²) < 4.78 is 13.6. The van der Waals surface area contributed by atoms with Crippen molar-refractivity contribution < 1.29 is 4.39 Å². The highest BCUT2D eigenvalue weighted by molar-refractivity contribution is 5.40. The molecule has 3 heteroatoms. The molecule has 0 bridgehead atoms. The van der Waals surface area contributed by atoms with Gasteiger partial charge in [0.05, 0.1) is 0 Å². The van der Waals surface area contributed by atoms with Crippen LogP contribution in [0, 0.1) is 5.82 Å². The third-order valence-electron chi connectivity index (χ3n) is 2.55. The van der Waals surface area contributed by atoms with Gasteiger partial charge < -0.3 is 5.73 Å². The molecule has 2 nitrogen and oxygen atoms in total. The van der Waals surface area contributed by atoms with Gasteiger partial charge in [-0.05, 0) is 38.1 Å². The van der Waals surface area contributed by atoms with Crippen molar-refractivity contribution in [1.82, 2.24) is 4.90 Å². The summed E-state index contributed by atoms with van der Waals surface area (Å²) in [5.41, 5.74) is 6.74. The van der Waals surface area contributed by atoms with E-state index in [0.717, 1.165) is 31.5 Å². The molecule has 0 fully saturated rings. The highest BCUT2D eigenvalue weighted by atomic mass is 19.1. The predicted octanol–water partition coefficient (Wildman–Crippen LogP) is 3.03. The molecule has 0 aromatic heterocycles. The van der Waals surface area contributed by atoms with E-state index in [1.54, 1.807) is 12.1 Å². The normalized spacial score (nSPS) is 11.0. The zero-order chi connectivity index (χ0) is 12.0. The van der Waals surface area contributed by atoms with Crippen molar-refractivity contribution in [2.45, 2.75) is 33.2 Å². The predicted molar refractivity (Wildman–Crippen MR) is 66.7 cm³/mol. The number of nitrogen functional groups attached to an aromatic ring is 1. The standard InChI is InChI=1S/C13H21FN2/c1-3-7-16(8-4-2)10-11-5-6-12(15)9-13(11)14/h5-6,9H,3-4,7-8,10,15H2,1-2H3. The van der Waals surface area contributed by atoms with Gasteiger partial charge in [0, 0.05) is 17.8 Å². The van der Waals surface area contributed by atoms with E-state index in [1.807, 2.05) is 0 Å². The topological polar surface area (TPSA) is 29.3 Å². The van der Waals surface area contributed by atoms with E-state index < -0.39 is 0 Å². The van der Waals surface area contributed by atoms with Crippen LogP contribution in [0.3, 0.4) is 0 Å². The van der Waals surface area contributed by atoms with Gasteiger partial charge >= 0.3 is 0 Å². The molecule has 16 heavy (non-hydrogen) atoms. The lowest BCUT2D eigenvalue weighted by Gasteiger charge is -2.21. The van der Waals surface area contributed by atoms with Gasteiger partial charge in [0.1, 0.15) is 5.82 Å². The first-order valence-electron chi connectivity index (χ1n) is 5.93. The fourth-order valence-corrected chi connectivity index (χ4v) is 1.84. The number of benzene rings is 1. The van der Waals surface area contributed by atoms with Crippen LogP contribution in [0.4, 0.5) is 10.1 Å². The number of hydrogen-bond acceptors (Lipinski definition) is 2. The van der Waals surface area contributed by atoms with Crippen molar-refractivity contribution >= 4 is 5.69 Å². The fourth-order valence-electron chi connectivity index (χ4n) is 1.84. The first kappa shape index (κ1) is 13.0. The lowest BCUT2D eigenvalue weighted by Crippen LogP contribution is -2.25. The minimum atomic E-state index is -0.197. The zero-order valence-electron chi connectivity index (χ0n) is 10.2. The first-order chi connectivity index (χ1) is 7.67. The van der Waals surface area contributed by atoms with E-state index in [0.29, 0.717) is 12.2 Å². The highest BCUT2D eigenvalue weighted by Crippen LogP contribution is 2.14. The molecule has 0 spiro atoms. The Bertz CT molecular complexity index is 320. The average molecular weight is 224 g/mol. The van der Waals surface area contributed by atoms with E-state index in [1.165, 1.54) is 6.07 Å². The second kappa shape index (κ2) is 6.48. The average Bonchev–Trinajstić information content (AvgIpc) is 2.23. The minimum absolute atomic E-state index is 0.197. The summed E-state index contributed by atoms with van der Waals surface area (Å²) in [6.45, 7) is 6.98. The lowest BCUT2D eigenvalue weighted by atomic mass is 10.1. The van der Waals surface area contributed by atoms with Crippen LogP contribution >= 0.6 is 0 Å². The van der Waals surface area contributed by atoms with Crippen LogP contribution in [-0.2, 0) is 6.54 Å². The number of rotatable bonds is 6. The SMILES string of the molecule is CCCN(CCC)Cc1ccc(N)cc1F. The van der Waals surface area contributed by atoms with Gasteiger partial charge in [0.2, 0.25) is 0 Å². The highest BCUT2D eigenvalue weighted by Gasteiger charge is 2.08. The Kier molecular flexibility index (Phi) is 5.26. The van der Waals surface area contributed by atoms with Crippen molar-refractivity contribution in [3.63, 3.8) is 0 Å². The Morgan fingerprint density at radius 3 is 2.31 bits per heavy atom. The number of nitrogens with zero attached hydrogens (tertiary/aromatic N) is 1. The molecule has 1 aromatic rings. The zero-order valence-corrected chi connectivity index (χ0v) is 10.2. The minimum Gasteiger partial charge on any atom is -0.399 e. The van der Waals surface area contributed by atoms with Crippen LogP contribution in [0.5, 0.6) is 0 Å². The van der Waals surface area contributed by atoms with E-state index in [4.69, 9.17) is 5.73 Å². The van der Waals surface area contributed by atoms with Crippen molar-refractivity contribution in [2.24, 2.45) is 0 Å². The summed E-state index contributed by atoms with van der Waals surface area (Å²) in [6.07, 6.45) is 2.19. The number of anilines is 1. The molecule has 0 radical (unpaired) electrons. The Hall–Kier alpha value is -1.09. The molecule has 0 saturated heterocycles. The van der Waals surface area contributed by atoms with Crippen LogP contribution < -0.4 is 5.73 Å². The molecule has 0 saturated carbocycles. The number of nitrogens with two attached hydrogens (primary N) is 1. The molecule has 0 amide bonds. The molecule has 0 atom stereocenters. The van der Waals surface area contributed by atoms with E-state index in [-0.39, 0.29) is 5.82 Å². The molecule has 2 N–H and O–H groups in total. The van der Waals surface area contributed by atoms with Crippen LogP contribution in [-0.4, -0.2) is 18.0 Å². The van der Waals surface area contributed by atoms with Crippen molar-refractivity contribution in [3.05, 3.63) is 29.6 Å². The molecule has 1 rings (SSSR count). The summed E-state index contributed by atoms with van der Waals surface area (Å²) in [7, 11) is 0. The van der Waals surface area contributed by atoms with Crippen LogP contribution in [0.2, 0.25) is 0 Å². The molecule has 0 aliphatic rings. The van der Waals surface area contributed by atoms with E-state index in [2.05, 4.69) is 18.7 Å². The van der Waals surface area contributed by atoms with Gasteiger partial charge in [-0.25, -0.2) is 4.39 Å². The maximum Gasteiger partial charge on any atom is 0.129 e. The lowest BCUT2D eigenvalue weighted by molar-refractivity contribution is 0.263. The molecular formula is C13H21FN2. The van der Waals surface area contributed by atoms with E-state index in [9.17, 15) is 4.39 Å². The Balaban J connectivity index is 2.68. The smallest absolute Gasteiger partial charge is 0.129 e. The number of hydrogen-bond donors (Lipinski definition) is 1. The van der Waals surface area contributed by atoms with Gasteiger partial charge in [-0.1, -0.05) is 19.9 Å². The van der Waals surface area contributed by atoms with Crippen molar-refractivity contribution in [2.75, 3.05) is 18.8 Å². The fraction of sp³-hybridized carbons (Fsp3) is 0.538. The quantitative estimate of drug-likeness (QED) is 0.753. The monoisotopic (exact) mass is 224 g/mol. The molecule has 0 heterocycles. The third kappa shape index (κ3) is 3.81. The second-order valence-electron chi connectivity index (χ2n) is 4.13. The summed E-state index contributed by atoms with van der Waals surface area (Å²) in [5, 5.41) is 0. The Morgan fingerprint density at radius 1 is 1.19 bits per heavy atom. The summed E-state index contributed by atoms with van der Waals surface area (Å²) >= 11 is 0. The third-order valence-corrected chi connectivity index (χ3v) is 2.55. The molecule has 1 aromatic carbocycles. The summed E-state index contributed by atoms with van der Waals surface area (Å²) in [5.74, 6) is -0.197. The number of halogens is 1. The van der Waals surface area contributed by atoms with Gasteiger partial charge in [0.25, 0.3) is 0 Å². The van der Waals surface area contributed by atoms with Crippen molar-refractivity contribution in [1.29, 1.82) is 0 Å². The maximum absolute atomic E-state index is 13.6. The Morgan fingerprint density at radius 2 is 1.81 bits per heavy atom. The molecular weight excluding hydrogens is 203 g/mol. The molecule has 0 unspecified atom stereocenters. The second-order valence-corrected chi connectivity index (χ2v) is 4.13. The summed E-state index contributed by atoms with van der Waals surface area (Å²) in [6, 6.07) is 4.93.